The van der Waals surface area contributed by atoms with E-state index in [1.165, 1.54) is 22.3 Å². The lowest BCUT2D eigenvalue weighted by Crippen LogP contribution is -2.43. The molecule has 6 nitrogen and oxygen atoms in total. The van der Waals surface area contributed by atoms with E-state index in [0.717, 1.165) is 18.4 Å². The minimum atomic E-state index is -0.428. The third-order valence-corrected chi connectivity index (χ3v) is 7.07. The first-order valence-corrected chi connectivity index (χ1v) is 10.9. The van der Waals surface area contributed by atoms with Crippen molar-refractivity contribution in [3.8, 4) is 0 Å². The van der Waals surface area contributed by atoms with Gasteiger partial charge in [0.1, 0.15) is 4.70 Å². The molecule has 4 rings (SSSR count). The fourth-order valence-electron chi connectivity index (χ4n) is 4.10. The third-order valence-electron chi connectivity index (χ3n) is 6.17. The fourth-order valence-corrected chi connectivity index (χ4v) is 4.89. The second-order valence-corrected chi connectivity index (χ2v) is 8.95. The fraction of sp³-hybridized carbons (Fsp3) is 0.409. The van der Waals surface area contributed by atoms with E-state index in [-0.39, 0.29) is 24.1 Å². The molecule has 0 radical (unpaired) electrons. The van der Waals surface area contributed by atoms with Crippen molar-refractivity contribution in [2.75, 3.05) is 0 Å². The maximum Gasteiger partial charge on any atom is 0.329 e. The van der Waals surface area contributed by atoms with Crippen LogP contribution in [0.2, 0.25) is 0 Å². The Bertz CT molecular complexity index is 1140. The van der Waals surface area contributed by atoms with E-state index in [1.807, 2.05) is 0 Å². The lowest BCUT2D eigenvalue weighted by atomic mass is 9.78. The van der Waals surface area contributed by atoms with Gasteiger partial charge in [-0.25, -0.2) is 4.79 Å². The highest BCUT2D eigenvalue weighted by Gasteiger charge is 2.28. The predicted octanol–water partition coefficient (Wildman–Crippen LogP) is 3.35. The number of nitrogens with zero attached hydrogens (tertiary/aromatic N) is 1. The summed E-state index contributed by atoms with van der Waals surface area (Å²) in [6.07, 6.45) is 3.39. The Morgan fingerprint density at radius 2 is 1.93 bits per heavy atom. The van der Waals surface area contributed by atoms with Crippen LogP contribution in [0.25, 0.3) is 10.2 Å². The molecule has 3 atom stereocenters. The van der Waals surface area contributed by atoms with Crippen molar-refractivity contribution in [2.45, 2.75) is 45.7 Å². The summed E-state index contributed by atoms with van der Waals surface area (Å²) < 4.78 is 1.73. The Morgan fingerprint density at radius 3 is 2.69 bits per heavy atom. The summed E-state index contributed by atoms with van der Waals surface area (Å²) in [5, 5.41) is 4.96. The number of carbonyl (C=O) groups is 1. The highest BCUT2D eigenvalue weighted by Crippen LogP contribution is 2.29. The molecular formula is C22H25N3O3S. The molecule has 0 saturated heterocycles. The number of amides is 1. The van der Waals surface area contributed by atoms with Gasteiger partial charge in [0.25, 0.3) is 11.5 Å². The number of rotatable bonds is 4. The monoisotopic (exact) mass is 411 g/mol. The molecule has 2 N–H and O–H groups in total. The SMILES string of the molecule is C[C@H]1[C@H](C)CCC[C@@H]1NC(=O)c1ccc(Cn2c(=O)[nH]c3ccsc3c2=O)cc1. The molecule has 1 amide bonds. The molecule has 1 saturated carbocycles. The summed E-state index contributed by atoms with van der Waals surface area (Å²) in [5.74, 6) is 1.02. The Balaban J connectivity index is 1.49. The maximum atomic E-state index is 12.6. The molecule has 2 aromatic heterocycles. The molecule has 29 heavy (non-hydrogen) atoms. The highest BCUT2D eigenvalue weighted by molar-refractivity contribution is 7.17. The van der Waals surface area contributed by atoms with Crippen LogP contribution in [0.5, 0.6) is 0 Å². The number of H-pyrrole nitrogens is 1. The van der Waals surface area contributed by atoms with Gasteiger partial charge in [0.15, 0.2) is 0 Å². The molecule has 152 valence electrons. The molecule has 0 unspecified atom stereocenters. The molecule has 3 aromatic rings. The molecule has 1 aliphatic rings. The quantitative estimate of drug-likeness (QED) is 0.690. The first kappa shape index (κ1) is 19.6. The van der Waals surface area contributed by atoms with Crippen LogP contribution in [-0.4, -0.2) is 21.5 Å². The van der Waals surface area contributed by atoms with E-state index in [0.29, 0.717) is 27.6 Å². The first-order chi connectivity index (χ1) is 13.9. The van der Waals surface area contributed by atoms with Crippen molar-refractivity contribution in [3.63, 3.8) is 0 Å². The second kappa shape index (κ2) is 7.99. The number of aromatic amines is 1. The molecule has 1 aromatic carbocycles. The summed E-state index contributed by atoms with van der Waals surface area (Å²) in [6.45, 7) is 4.62. The van der Waals surface area contributed by atoms with Gasteiger partial charge in [0.05, 0.1) is 12.1 Å². The number of hydrogen-bond acceptors (Lipinski definition) is 4. The van der Waals surface area contributed by atoms with Crippen molar-refractivity contribution >= 4 is 27.5 Å². The van der Waals surface area contributed by atoms with Gasteiger partial charge < -0.3 is 10.3 Å². The maximum absolute atomic E-state index is 12.6. The van der Waals surface area contributed by atoms with Gasteiger partial charge in [-0.2, -0.15) is 0 Å². The Labute approximate surface area is 172 Å². The minimum absolute atomic E-state index is 0.0717. The summed E-state index contributed by atoms with van der Waals surface area (Å²) in [5.41, 5.74) is 1.24. The van der Waals surface area contributed by atoms with Crippen LogP contribution in [0.3, 0.4) is 0 Å². The molecular weight excluding hydrogens is 386 g/mol. The molecule has 1 aliphatic carbocycles. The third kappa shape index (κ3) is 3.92. The molecule has 1 fully saturated rings. The van der Waals surface area contributed by atoms with Crippen LogP contribution in [0.1, 0.15) is 49.0 Å². The lowest BCUT2D eigenvalue weighted by Gasteiger charge is -2.34. The average Bonchev–Trinajstić information content (AvgIpc) is 3.17. The summed E-state index contributed by atoms with van der Waals surface area (Å²) in [6, 6.07) is 9.04. The highest BCUT2D eigenvalue weighted by atomic mass is 32.1. The Kier molecular flexibility index (Phi) is 5.41. The molecule has 0 bridgehead atoms. The van der Waals surface area contributed by atoms with Crippen molar-refractivity contribution in [1.29, 1.82) is 0 Å². The number of carbonyl (C=O) groups excluding carboxylic acids is 1. The Hall–Kier alpha value is -2.67. The van der Waals surface area contributed by atoms with Gasteiger partial charge >= 0.3 is 5.69 Å². The van der Waals surface area contributed by atoms with Crippen LogP contribution in [0, 0.1) is 11.8 Å². The largest absolute Gasteiger partial charge is 0.349 e. The summed E-state index contributed by atoms with van der Waals surface area (Å²) in [7, 11) is 0. The number of thiophene rings is 1. The van der Waals surface area contributed by atoms with Crippen LogP contribution in [0.15, 0.2) is 45.3 Å². The van der Waals surface area contributed by atoms with Crippen LogP contribution in [0.4, 0.5) is 0 Å². The van der Waals surface area contributed by atoms with Crippen LogP contribution < -0.4 is 16.6 Å². The van der Waals surface area contributed by atoms with Gasteiger partial charge in [0.2, 0.25) is 0 Å². The normalized spacial score (nSPS) is 21.9. The number of aromatic nitrogens is 2. The van der Waals surface area contributed by atoms with Crippen molar-refractivity contribution in [1.82, 2.24) is 14.9 Å². The number of benzene rings is 1. The molecule has 0 aliphatic heterocycles. The van der Waals surface area contributed by atoms with Gasteiger partial charge in [-0.1, -0.05) is 38.8 Å². The number of fused-ring (bicyclic) bond motifs is 1. The van der Waals surface area contributed by atoms with Crippen molar-refractivity contribution < 1.29 is 4.79 Å². The second-order valence-electron chi connectivity index (χ2n) is 8.03. The smallest absolute Gasteiger partial charge is 0.329 e. The predicted molar refractivity (Wildman–Crippen MR) is 116 cm³/mol. The van der Waals surface area contributed by atoms with Crippen molar-refractivity contribution in [3.05, 3.63) is 67.7 Å². The van der Waals surface area contributed by atoms with Gasteiger partial charge in [0, 0.05) is 11.6 Å². The van der Waals surface area contributed by atoms with Gasteiger partial charge in [-0.15, -0.1) is 11.3 Å². The van der Waals surface area contributed by atoms with E-state index in [2.05, 4.69) is 24.1 Å². The standard InChI is InChI=1S/C22H25N3O3S/c1-13-4-3-5-17(14(13)2)23-20(26)16-8-6-15(7-9-16)12-25-21(27)19-18(10-11-29-19)24-22(25)28/h6-11,13-14,17H,3-5,12H2,1-2H3,(H,23,26)(H,24,28)/t13-,14+,17+/m1/s1. The van der Waals surface area contributed by atoms with Gasteiger partial charge in [-0.3, -0.25) is 14.2 Å². The Morgan fingerprint density at radius 1 is 1.17 bits per heavy atom. The van der Waals surface area contributed by atoms with E-state index in [4.69, 9.17) is 0 Å². The average molecular weight is 412 g/mol. The van der Waals surface area contributed by atoms with Gasteiger partial charge in [-0.05, 0) is 47.4 Å². The molecule has 2 heterocycles. The van der Waals surface area contributed by atoms with Crippen molar-refractivity contribution in [2.24, 2.45) is 11.8 Å². The van der Waals surface area contributed by atoms with E-state index < -0.39 is 5.69 Å². The summed E-state index contributed by atoms with van der Waals surface area (Å²) in [4.78, 5) is 40.2. The minimum Gasteiger partial charge on any atom is -0.349 e. The van der Waals surface area contributed by atoms with Crippen LogP contribution >= 0.6 is 11.3 Å². The lowest BCUT2D eigenvalue weighted by molar-refractivity contribution is 0.0891. The number of nitrogens with one attached hydrogen (secondary N) is 2. The molecule has 0 spiro atoms. The van der Waals surface area contributed by atoms with E-state index >= 15 is 0 Å². The summed E-state index contributed by atoms with van der Waals surface area (Å²) >= 11 is 1.31. The topological polar surface area (TPSA) is 84.0 Å². The first-order valence-electron chi connectivity index (χ1n) is 10.0. The zero-order valence-corrected chi connectivity index (χ0v) is 17.4. The van der Waals surface area contributed by atoms with Crippen LogP contribution in [-0.2, 0) is 6.54 Å². The zero-order chi connectivity index (χ0) is 20.5. The van der Waals surface area contributed by atoms with E-state index in [9.17, 15) is 14.4 Å². The molecule has 7 heteroatoms. The van der Waals surface area contributed by atoms with E-state index in [1.54, 1.807) is 35.7 Å². The number of hydrogen-bond donors (Lipinski definition) is 2. The zero-order valence-electron chi connectivity index (χ0n) is 16.6.